The van der Waals surface area contributed by atoms with E-state index in [1.54, 1.807) is 4.68 Å². The molecule has 8 heteroatoms. The predicted molar refractivity (Wildman–Crippen MR) is 124 cm³/mol. The highest BCUT2D eigenvalue weighted by atomic mass is 16.5. The summed E-state index contributed by atoms with van der Waals surface area (Å²) < 4.78 is 7.43. The topological polar surface area (TPSA) is 94.0 Å². The number of fused-ring (bicyclic) bond motifs is 1. The molecule has 1 aromatic heterocycles. The quantitative estimate of drug-likeness (QED) is 0.538. The van der Waals surface area contributed by atoms with Gasteiger partial charge in [0.15, 0.2) is 0 Å². The lowest BCUT2D eigenvalue weighted by Gasteiger charge is -2.28. The Bertz CT molecular complexity index is 1150. The Labute approximate surface area is 187 Å². The molecule has 1 unspecified atom stereocenters. The highest BCUT2D eigenvalue weighted by molar-refractivity contribution is 6.06. The Hall–Kier alpha value is -3.68. The summed E-state index contributed by atoms with van der Waals surface area (Å²) in [5, 5.41) is 18.2. The molecule has 1 atom stereocenters. The van der Waals surface area contributed by atoms with Crippen molar-refractivity contribution in [1.29, 1.82) is 0 Å². The van der Waals surface area contributed by atoms with Crippen molar-refractivity contribution in [1.82, 2.24) is 20.2 Å². The summed E-state index contributed by atoms with van der Waals surface area (Å²) in [4.78, 5) is 13.5. The maximum Gasteiger partial charge on any atom is 0.255 e. The molecule has 0 fully saturated rings. The summed E-state index contributed by atoms with van der Waals surface area (Å²) in [5.74, 6) is 1.10. The largest absolute Gasteiger partial charge is 0.494 e. The molecular weight excluding hydrogens is 404 g/mol. The lowest BCUT2D eigenvalue weighted by Crippen LogP contribution is -2.31. The number of hydrogen-bond donors (Lipinski definition) is 2. The molecule has 3 aromatic rings. The zero-order chi connectivity index (χ0) is 22.7. The number of tetrazole rings is 1. The molecule has 0 bridgehead atoms. The van der Waals surface area contributed by atoms with Crippen molar-refractivity contribution in [3.63, 3.8) is 0 Å². The summed E-state index contributed by atoms with van der Waals surface area (Å²) in [6, 6.07) is 13.2. The van der Waals surface area contributed by atoms with E-state index in [1.807, 2.05) is 63.2 Å². The van der Waals surface area contributed by atoms with Crippen LogP contribution < -0.4 is 15.4 Å². The Morgan fingerprint density at radius 1 is 1.16 bits per heavy atom. The van der Waals surface area contributed by atoms with E-state index in [0.717, 1.165) is 41.0 Å². The van der Waals surface area contributed by atoms with E-state index in [-0.39, 0.29) is 5.91 Å². The van der Waals surface area contributed by atoms with Gasteiger partial charge in [0.25, 0.3) is 5.91 Å². The molecule has 0 saturated heterocycles. The molecule has 166 valence electrons. The van der Waals surface area contributed by atoms with Gasteiger partial charge in [0.2, 0.25) is 5.95 Å². The average Bonchev–Trinajstić information content (AvgIpc) is 3.24. The lowest BCUT2D eigenvalue weighted by molar-refractivity contribution is -0.113. The zero-order valence-corrected chi connectivity index (χ0v) is 18.8. The number of anilines is 2. The summed E-state index contributed by atoms with van der Waals surface area (Å²) >= 11 is 0. The van der Waals surface area contributed by atoms with Crippen LogP contribution in [0.15, 0.2) is 53.7 Å². The molecule has 4 rings (SSSR count). The molecule has 8 nitrogen and oxygen atoms in total. The first-order valence-corrected chi connectivity index (χ1v) is 10.9. The van der Waals surface area contributed by atoms with Crippen LogP contribution in [-0.4, -0.2) is 32.7 Å². The van der Waals surface area contributed by atoms with E-state index in [2.05, 4.69) is 33.1 Å². The monoisotopic (exact) mass is 432 g/mol. The molecular formula is C24H28N6O2. The van der Waals surface area contributed by atoms with Crippen LogP contribution in [0.3, 0.4) is 0 Å². The first-order valence-electron chi connectivity index (χ1n) is 10.9. The van der Waals surface area contributed by atoms with Crippen LogP contribution in [0.5, 0.6) is 5.75 Å². The van der Waals surface area contributed by atoms with Crippen LogP contribution >= 0.6 is 0 Å². The normalized spacial score (nSPS) is 15.2. The number of ether oxygens (including phenoxy) is 1. The van der Waals surface area contributed by atoms with Crippen LogP contribution in [0, 0.1) is 13.8 Å². The molecule has 0 radical (unpaired) electrons. The van der Waals surface area contributed by atoms with Crippen molar-refractivity contribution in [2.45, 2.75) is 46.6 Å². The molecule has 32 heavy (non-hydrogen) atoms. The Morgan fingerprint density at radius 2 is 1.94 bits per heavy atom. The van der Waals surface area contributed by atoms with E-state index in [0.29, 0.717) is 23.8 Å². The van der Waals surface area contributed by atoms with E-state index in [1.165, 1.54) is 0 Å². The van der Waals surface area contributed by atoms with E-state index < -0.39 is 6.04 Å². The highest BCUT2D eigenvalue weighted by Crippen LogP contribution is 2.35. The smallest absolute Gasteiger partial charge is 0.255 e. The molecule has 0 aliphatic carbocycles. The van der Waals surface area contributed by atoms with Crippen LogP contribution in [0.2, 0.25) is 0 Å². The number of aromatic nitrogens is 4. The van der Waals surface area contributed by atoms with Crippen molar-refractivity contribution in [3.8, 4) is 5.75 Å². The Kier molecular flexibility index (Phi) is 6.20. The number of hydrogen-bond acceptors (Lipinski definition) is 6. The average molecular weight is 433 g/mol. The number of rotatable bonds is 7. The van der Waals surface area contributed by atoms with Crippen LogP contribution in [0.1, 0.15) is 49.4 Å². The molecule has 2 aromatic carbocycles. The first kappa shape index (κ1) is 21.5. The number of aryl methyl sites for hydroxylation is 1. The van der Waals surface area contributed by atoms with E-state index >= 15 is 0 Å². The van der Waals surface area contributed by atoms with Gasteiger partial charge in [0.05, 0.1) is 12.2 Å². The minimum atomic E-state index is -0.462. The predicted octanol–water partition coefficient (Wildman–Crippen LogP) is 4.40. The number of benzene rings is 2. The number of carbonyl (C=O) groups excluding carboxylic acids is 1. The Morgan fingerprint density at radius 3 is 2.69 bits per heavy atom. The summed E-state index contributed by atoms with van der Waals surface area (Å²) in [6.45, 7) is 8.71. The second kappa shape index (κ2) is 9.21. The maximum absolute atomic E-state index is 13.5. The fourth-order valence-electron chi connectivity index (χ4n) is 3.77. The van der Waals surface area contributed by atoms with Crippen molar-refractivity contribution in [2.75, 3.05) is 17.2 Å². The van der Waals surface area contributed by atoms with Gasteiger partial charge in [-0.25, -0.2) is 0 Å². The summed E-state index contributed by atoms with van der Waals surface area (Å²) in [6.07, 6.45) is 2.09. The van der Waals surface area contributed by atoms with Crippen molar-refractivity contribution < 1.29 is 9.53 Å². The van der Waals surface area contributed by atoms with Gasteiger partial charge in [-0.15, -0.1) is 0 Å². The lowest BCUT2D eigenvalue weighted by atomic mass is 9.94. The third-order valence-electron chi connectivity index (χ3n) is 5.77. The van der Waals surface area contributed by atoms with Crippen LogP contribution in [0.4, 0.5) is 11.6 Å². The second-order valence-corrected chi connectivity index (χ2v) is 7.99. The van der Waals surface area contributed by atoms with Crippen molar-refractivity contribution in [2.24, 2.45) is 0 Å². The first-order chi connectivity index (χ1) is 15.5. The third kappa shape index (κ3) is 4.21. The number of carbonyl (C=O) groups is 1. The van der Waals surface area contributed by atoms with Crippen LogP contribution in [-0.2, 0) is 4.79 Å². The molecule has 0 spiro atoms. The molecule has 1 amide bonds. The summed E-state index contributed by atoms with van der Waals surface area (Å²) in [5.41, 5.74) is 5.11. The fourth-order valence-corrected chi connectivity index (χ4v) is 3.77. The van der Waals surface area contributed by atoms with Crippen LogP contribution in [0.25, 0.3) is 0 Å². The van der Waals surface area contributed by atoms with Gasteiger partial charge in [0.1, 0.15) is 11.8 Å². The number of nitrogens with zero attached hydrogens (tertiary/aromatic N) is 4. The second-order valence-electron chi connectivity index (χ2n) is 7.99. The molecule has 2 N–H and O–H groups in total. The SMILES string of the molecule is CCCCOc1ccc(C2C(C(=O)Nc3cccc(C)c3C)=C(C)Nc3nnnn32)cc1. The molecule has 1 aliphatic rings. The van der Waals surface area contributed by atoms with Gasteiger partial charge in [-0.1, -0.05) is 42.7 Å². The number of unbranched alkanes of at least 4 members (excludes halogenated alkanes) is 1. The minimum Gasteiger partial charge on any atom is -0.494 e. The Balaban J connectivity index is 1.67. The number of allylic oxidation sites excluding steroid dienone is 1. The van der Waals surface area contributed by atoms with Crippen molar-refractivity contribution in [3.05, 3.63) is 70.4 Å². The third-order valence-corrected chi connectivity index (χ3v) is 5.77. The minimum absolute atomic E-state index is 0.196. The zero-order valence-electron chi connectivity index (χ0n) is 18.8. The fraction of sp³-hybridized carbons (Fsp3) is 0.333. The van der Waals surface area contributed by atoms with Gasteiger partial charge in [0, 0.05) is 11.4 Å². The molecule has 2 heterocycles. The van der Waals surface area contributed by atoms with Gasteiger partial charge in [-0.2, -0.15) is 4.68 Å². The van der Waals surface area contributed by atoms with Crippen molar-refractivity contribution >= 4 is 17.5 Å². The number of amides is 1. The van der Waals surface area contributed by atoms with Gasteiger partial charge < -0.3 is 15.4 Å². The summed E-state index contributed by atoms with van der Waals surface area (Å²) in [7, 11) is 0. The van der Waals surface area contributed by atoms with E-state index in [9.17, 15) is 4.79 Å². The maximum atomic E-state index is 13.5. The number of nitrogens with one attached hydrogen (secondary N) is 2. The van der Waals surface area contributed by atoms with Gasteiger partial charge >= 0.3 is 0 Å². The molecule has 1 aliphatic heterocycles. The highest BCUT2D eigenvalue weighted by Gasteiger charge is 2.34. The molecule has 0 saturated carbocycles. The van der Waals surface area contributed by atoms with Gasteiger partial charge in [-0.05, 0) is 72.5 Å². The van der Waals surface area contributed by atoms with Gasteiger partial charge in [-0.3, -0.25) is 4.79 Å². The standard InChI is InChI=1S/C24H28N6O2/c1-5-6-14-32-19-12-10-18(11-13-19)22-21(17(4)25-24-27-28-29-30(22)24)23(31)26-20-9-7-8-15(2)16(20)3/h7-13,22H,5-6,14H2,1-4H3,(H,26,31)(H,25,27,29). The van der Waals surface area contributed by atoms with E-state index in [4.69, 9.17) is 4.74 Å².